The third-order valence-electron chi connectivity index (χ3n) is 3.03. The van der Waals surface area contributed by atoms with Crippen LogP contribution in [0.1, 0.15) is 5.56 Å². The van der Waals surface area contributed by atoms with Crippen molar-refractivity contribution in [2.45, 2.75) is 6.54 Å². The van der Waals surface area contributed by atoms with Crippen LogP contribution in [0.2, 0.25) is 0 Å². The number of hydrogen-bond donors (Lipinski definition) is 2. The Labute approximate surface area is 107 Å². The van der Waals surface area contributed by atoms with Gasteiger partial charge in [0.05, 0.1) is 7.11 Å². The first-order valence-electron chi connectivity index (χ1n) is 6.16. The summed E-state index contributed by atoms with van der Waals surface area (Å²) >= 11 is 0. The molecule has 1 heterocycles. The lowest BCUT2D eigenvalue weighted by Gasteiger charge is -2.27. The van der Waals surface area contributed by atoms with Gasteiger partial charge in [0.25, 0.3) is 0 Å². The topological polar surface area (TPSA) is 53.6 Å². The predicted molar refractivity (Wildman–Crippen MR) is 69.7 cm³/mol. The fourth-order valence-corrected chi connectivity index (χ4v) is 2.00. The van der Waals surface area contributed by atoms with Crippen LogP contribution >= 0.6 is 0 Å². The number of nitrogens with zero attached hydrogens (tertiary/aromatic N) is 1. The molecule has 18 heavy (non-hydrogen) atoms. The van der Waals surface area contributed by atoms with E-state index in [0.717, 1.165) is 37.5 Å². The van der Waals surface area contributed by atoms with Gasteiger partial charge < -0.3 is 20.3 Å². The molecule has 0 radical (unpaired) electrons. The minimum Gasteiger partial charge on any atom is -0.496 e. The van der Waals surface area contributed by atoms with Gasteiger partial charge in [0, 0.05) is 38.3 Å². The standard InChI is InChI=1S/C13H19N3O2/c1-18-12-5-3-2-4-11(12)10-15-13(17)16-8-6-14-7-9-16/h2-5,14H,6-10H2,1H3,(H,15,17). The van der Waals surface area contributed by atoms with Crippen LogP contribution in [0.25, 0.3) is 0 Å². The average Bonchev–Trinajstić information content (AvgIpc) is 2.46. The fourth-order valence-electron chi connectivity index (χ4n) is 2.00. The summed E-state index contributed by atoms with van der Waals surface area (Å²) in [6.45, 7) is 3.74. The number of carbonyl (C=O) groups excluding carboxylic acids is 1. The van der Waals surface area contributed by atoms with Crippen molar-refractivity contribution in [3.05, 3.63) is 29.8 Å². The lowest BCUT2D eigenvalue weighted by atomic mass is 10.2. The smallest absolute Gasteiger partial charge is 0.317 e. The van der Waals surface area contributed by atoms with Crippen LogP contribution in [0.5, 0.6) is 5.75 Å². The van der Waals surface area contributed by atoms with E-state index in [0.29, 0.717) is 6.54 Å². The Morgan fingerprint density at radius 3 is 2.83 bits per heavy atom. The van der Waals surface area contributed by atoms with E-state index in [2.05, 4.69) is 10.6 Å². The maximum Gasteiger partial charge on any atom is 0.317 e. The SMILES string of the molecule is COc1ccccc1CNC(=O)N1CCNCC1. The minimum atomic E-state index is -0.0117. The van der Waals surface area contributed by atoms with E-state index in [9.17, 15) is 4.79 Å². The summed E-state index contributed by atoms with van der Waals surface area (Å²) in [6, 6.07) is 7.70. The summed E-state index contributed by atoms with van der Waals surface area (Å²) in [5.74, 6) is 0.804. The average molecular weight is 249 g/mol. The monoisotopic (exact) mass is 249 g/mol. The van der Waals surface area contributed by atoms with Crippen LogP contribution in [0.15, 0.2) is 24.3 Å². The Kier molecular flexibility index (Phi) is 4.41. The third-order valence-corrected chi connectivity index (χ3v) is 3.03. The number of rotatable bonds is 3. The number of amides is 2. The third kappa shape index (κ3) is 3.13. The van der Waals surface area contributed by atoms with Gasteiger partial charge in [-0.1, -0.05) is 18.2 Å². The largest absolute Gasteiger partial charge is 0.496 e. The quantitative estimate of drug-likeness (QED) is 0.833. The molecule has 2 rings (SSSR count). The van der Waals surface area contributed by atoms with Gasteiger partial charge in [0.15, 0.2) is 0 Å². The van der Waals surface area contributed by atoms with E-state index >= 15 is 0 Å². The molecule has 0 spiro atoms. The molecule has 0 atom stereocenters. The van der Waals surface area contributed by atoms with E-state index in [1.54, 1.807) is 7.11 Å². The molecule has 1 saturated heterocycles. The zero-order valence-electron chi connectivity index (χ0n) is 10.6. The molecule has 1 aliphatic rings. The Bertz CT molecular complexity index is 403. The number of piperazine rings is 1. The highest BCUT2D eigenvalue weighted by Crippen LogP contribution is 2.16. The maximum atomic E-state index is 11.9. The maximum absolute atomic E-state index is 11.9. The summed E-state index contributed by atoms with van der Waals surface area (Å²) in [5.41, 5.74) is 0.989. The normalized spacial score (nSPS) is 15.3. The Balaban J connectivity index is 1.88. The minimum absolute atomic E-state index is 0.0117. The first-order chi connectivity index (χ1) is 8.81. The van der Waals surface area contributed by atoms with Crippen molar-refractivity contribution >= 4 is 6.03 Å². The zero-order valence-corrected chi connectivity index (χ0v) is 10.6. The highest BCUT2D eigenvalue weighted by Gasteiger charge is 2.15. The molecule has 5 heteroatoms. The molecular weight excluding hydrogens is 230 g/mol. The predicted octanol–water partition coefficient (Wildman–Crippen LogP) is 0.810. The molecule has 0 saturated carbocycles. The highest BCUT2D eigenvalue weighted by atomic mass is 16.5. The fraction of sp³-hybridized carbons (Fsp3) is 0.462. The molecule has 0 bridgehead atoms. The molecular formula is C13H19N3O2. The number of benzene rings is 1. The first-order valence-corrected chi connectivity index (χ1v) is 6.16. The molecule has 1 aromatic rings. The van der Waals surface area contributed by atoms with Crippen molar-refractivity contribution in [1.29, 1.82) is 0 Å². The van der Waals surface area contributed by atoms with Crippen LogP contribution in [0.3, 0.4) is 0 Å². The second-order valence-corrected chi connectivity index (χ2v) is 4.21. The lowest BCUT2D eigenvalue weighted by molar-refractivity contribution is 0.189. The van der Waals surface area contributed by atoms with Crippen molar-refractivity contribution < 1.29 is 9.53 Å². The van der Waals surface area contributed by atoms with Gasteiger partial charge >= 0.3 is 6.03 Å². The van der Waals surface area contributed by atoms with Gasteiger partial charge in [0.2, 0.25) is 0 Å². The zero-order chi connectivity index (χ0) is 12.8. The number of urea groups is 1. The molecule has 0 aliphatic carbocycles. The van der Waals surface area contributed by atoms with E-state index in [4.69, 9.17) is 4.74 Å². The Morgan fingerprint density at radius 2 is 2.11 bits per heavy atom. The lowest BCUT2D eigenvalue weighted by Crippen LogP contribution is -2.50. The van der Waals surface area contributed by atoms with Crippen LogP contribution < -0.4 is 15.4 Å². The van der Waals surface area contributed by atoms with Crippen molar-refractivity contribution in [1.82, 2.24) is 15.5 Å². The van der Waals surface area contributed by atoms with E-state index < -0.39 is 0 Å². The van der Waals surface area contributed by atoms with Crippen molar-refractivity contribution in [3.8, 4) is 5.75 Å². The number of para-hydroxylation sites is 1. The van der Waals surface area contributed by atoms with Gasteiger partial charge in [-0.3, -0.25) is 0 Å². The van der Waals surface area contributed by atoms with Crippen LogP contribution in [0, 0.1) is 0 Å². The van der Waals surface area contributed by atoms with Crippen LogP contribution in [-0.2, 0) is 6.54 Å². The van der Waals surface area contributed by atoms with Crippen LogP contribution in [0.4, 0.5) is 4.79 Å². The van der Waals surface area contributed by atoms with Gasteiger partial charge in [-0.2, -0.15) is 0 Å². The van der Waals surface area contributed by atoms with Crippen molar-refractivity contribution in [2.75, 3.05) is 33.3 Å². The molecule has 2 amide bonds. The van der Waals surface area contributed by atoms with Crippen molar-refractivity contribution in [3.63, 3.8) is 0 Å². The summed E-state index contributed by atoms with van der Waals surface area (Å²) in [4.78, 5) is 13.7. The van der Waals surface area contributed by atoms with Crippen LogP contribution in [-0.4, -0.2) is 44.2 Å². The van der Waals surface area contributed by atoms with E-state index in [-0.39, 0.29) is 6.03 Å². The van der Waals surface area contributed by atoms with Gasteiger partial charge in [0.1, 0.15) is 5.75 Å². The number of hydrogen-bond acceptors (Lipinski definition) is 3. The second-order valence-electron chi connectivity index (χ2n) is 4.21. The summed E-state index contributed by atoms with van der Waals surface area (Å²) < 4.78 is 5.25. The van der Waals surface area contributed by atoms with Gasteiger partial charge in [-0.25, -0.2) is 4.79 Å². The second kappa shape index (κ2) is 6.26. The molecule has 1 fully saturated rings. The van der Waals surface area contributed by atoms with Crippen molar-refractivity contribution in [2.24, 2.45) is 0 Å². The van der Waals surface area contributed by atoms with Gasteiger partial charge in [-0.15, -0.1) is 0 Å². The molecule has 0 unspecified atom stereocenters. The number of nitrogens with one attached hydrogen (secondary N) is 2. The summed E-state index contributed by atoms with van der Waals surface area (Å²) in [7, 11) is 1.64. The van der Waals surface area contributed by atoms with Gasteiger partial charge in [-0.05, 0) is 6.07 Å². The molecule has 1 aliphatic heterocycles. The molecule has 1 aromatic carbocycles. The summed E-state index contributed by atoms with van der Waals surface area (Å²) in [5, 5.41) is 6.14. The van der Waals surface area contributed by atoms with E-state index in [1.807, 2.05) is 29.2 Å². The number of ether oxygens (including phenoxy) is 1. The van der Waals surface area contributed by atoms with E-state index in [1.165, 1.54) is 0 Å². The Hall–Kier alpha value is -1.75. The highest BCUT2D eigenvalue weighted by molar-refractivity contribution is 5.74. The molecule has 0 aromatic heterocycles. The molecule has 2 N–H and O–H groups in total. The first kappa shape index (κ1) is 12.7. The number of carbonyl (C=O) groups is 1. The Morgan fingerprint density at radius 1 is 1.39 bits per heavy atom. The summed E-state index contributed by atoms with van der Waals surface area (Å²) in [6.07, 6.45) is 0. The molecule has 5 nitrogen and oxygen atoms in total. The molecule has 98 valence electrons. The number of methoxy groups -OCH3 is 1.